The number of aromatic amines is 1. The van der Waals surface area contributed by atoms with Crippen LogP contribution in [0.4, 0.5) is 0 Å². The van der Waals surface area contributed by atoms with Crippen LogP contribution in [-0.2, 0) is 13.0 Å². The molecule has 1 aliphatic carbocycles. The minimum absolute atomic E-state index is 0.355. The molecule has 31 heavy (non-hydrogen) atoms. The normalized spacial score (nSPS) is 11.5. The molecule has 0 unspecified atom stereocenters. The van der Waals surface area contributed by atoms with Gasteiger partial charge in [0, 0.05) is 41.1 Å². The van der Waals surface area contributed by atoms with Crippen molar-refractivity contribution >= 4 is 11.6 Å². The highest BCUT2D eigenvalue weighted by Crippen LogP contribution is 2.44. The van der Waals surface area contributed by atoms with Crippen molar-refractivity contribution in [1.82, 2.24) is 20.2 Å². The van der Waals surface area contributed by atoms with Crippen molar-refractivity contribution in [3.05, 3.63) is 76.3 Å². The summed E-state index contributed by atoms with van der Waals surface area (Å²) in [5.41, 5.74) is 7.19. The topological polar surface area (TPSA) is 96.7 Å². The number of aromatic nitrogens is 4. The zero-order chi connectivity index (χ0) is 21.4. The van der Waals surface area contributed by atoms with Crippen molar-refractivity contribution in [3.63, 3.8) is 0 Å². The number of hydrogen-bond acceptors (Lipinski definition) is 6. The van der Waals surface area contributed by atoms with Crippen LogP contribution in [0, 0.1) is 11.3 Å². The van der Waals surface area contributed by atoms with Crippen LogP contribution >= 0.6 is 11.6 Å². The van der Waals surface area contributed by atoms with E-state index in [9.17, 15) is 0 Å². The third-order valence-corrected chi connectivity index (χ3v) is 5.45. The van der Waals surface area contributed by atoms with Crippen LogP contribution in [0.25, 0.3) is 22.5 Å². The van der Waals surface area contributed by atoms with E-state index in [0.29, 0.717) is 35.4 Å². The van der Waals surface area contributed by atoms with Crippen molar-refractivity contribution in [2.75, 3.05) is 7.11 Å². The number of halogens is 1. The van der Waals surface area contributed by atoms with Gasteiger partial charge in [0.1, 0.15) is 23.5 Å². The van der Waals surface area contributed by atoms with Crippen LogP contribution in [0.1, 0.15) is 22.4 Å². The number of nitriles is 1. The molecule has 1 aromatic carbocycles. The summed E-state index contributed by atoms with van der Waals surface area (Å²) in [4.78, 5) is 8.24. The first-order chi connectivity index (χ1) is 15.2. The Morgan fingerprint density at radius 2 is 2.03 bits per heavy atom. The second-order valence-electron chi connectivity index (χ2n) is 7.08. The highest BCUT2D eigenvalue weighted by molar-refractivity contribution is 6.29. The number of fused-ring (bicyclic) bond motifs is 3. The van der Waals surface area contributed by atoms with E-state index in [0.717, 1.165) is 39.2 Å². The Morgan fingerprint density at radius 1 is 1.13 bits per heavy atom. The number of rotatable bonds is 5. The Balaban J connectivity index is 1.44. The van der Waals surface area contributed by atoms with Gasteiger partial charge >= 0.3 is 0 Å². The van der Waals surface area contributed by atoms with Gasteiger partial charge in [-0.2, -0.15) is 10.4 Å². The maximum atomic E-state index is 8.97. The average Bonchev–Trinajstić information content (AvgIpc) is 3.37. The molecule has 0 fully saturated rings. The first kappa shape index (κ1) is 19.1. The number of hydrogen-bond donors (Lipinski definition) is 1. The van der Waals surface area contributed by atoms with E-state index in [1.807, 2.05) is 30.3 Å². The van der Waals surface area contributed by atoms with Gasteiger partial charge in [-0.15, -0.1) is 0 Å². The maximum Gasteiger partial charge on any atom is 0.161 e. The lowest BCUT2D eigenvalue weighted by atomic mass is 10.1. The summed E-state index contributed by atoms with van der Waals surface area (Å²) < 4.78 is 11.6. The molecule has 4 aromatic rings. The molecule has 0 amide bonds. The minimum atomic E-state index is 0.355. The van der Waals surface area contributed by atoms with Crippen molar-refractivity contribution in [1.29, 1.82) is 5.26 Å². The molecular formula is C23H16ClN5O2. The molecule has 152 valence electrons. The van der Waals surface area contributed by atoms with E-state index < -0.39 is 0 Å². The fourth-order valence-corrected chi connectivity index (χ4v) is 3.81. The molecule has 1 N–H and O–H groups in total. The van der Waals surface area contributed by atoms with Gasteiger partial charge in [0.2, 0.25) is 0 Å². The molecule has 0 saturated heterocycles. The lowest BCUT2D eigenvalue weighted by Gasteiger charge is -2.13. The highest BCUT2D eigenvalue weighted by Gasteiger charge is 2.27. The molecule has 7 nitrogen and oxygen atoms in total. The number of ether oxygens (including phenoxy) is 2. The molecule has 0 atom stereocenters. The first-order valence-electron chi connectivity index (χ1n) is 9.54. The summed E-state index contributed by atoms with van der Waals surface area (Å²) >= 11 is 5.85. The SMILES string of the molecule is COc1cc2c(cc1OCc1ccc(Cl)nc1)Cc1c(-c3ccc(C#N)nc3)n[nH]c1-2. The quantitative estimate of drug-likeness (QED) is 0.411. The monoisotopic (exact) mass is 429 g/mol. The number of nitrogens with zero attached hydrogens (tertiary/aromatic N) is 4. The summed E-state index contributed by atoms with van der Waals surface area (Å²) in [6.07, 6.45) is 4.07. The number of H-pyrrole nitrogens is 1. The van der Waals surface area contributed by atoms with Gasteiger partial charge < -0.3 is 9.47 Å². The lowest BCUT2D eigenvalue weighted by Crippen LogP contribution is -1.99. The number of nitrogens with one attached hydrogen (secondary N) is 1. The van der Waals surface area contributed by atoms with Crippen LogP contribution < -0.4 is 9.47 Å². The average molecular weight is 430 g/mol. The van der Waals surface area contributed by atoms with E-state index in [1.165, 1.54) is 0 Å². The van der Waals surface area contributed by atoms with E-state index >= 15 is 0 Å². The van der Waals surface area contributed by atoms with Crippen molar-refractivity contribution in [2.24, 2.45) is 0 Å². The smallest absolute Gasteiger partial charge is 0.161 e. The zero-order valence-corrected chi connectivity index (χ0v) is 17.3. The third-order valence-electron chi connectivity index (χ3n) is 5.23. The lowest BCUT2D eigenvalue weighted by molar-refractivity contribution is 0.284. The molecule has 0 radical (unpaired) electrons. The summed E-state index contributed by atoms with van der Waals surface area (Å²) in [6.45, 7) is 0.355. The van der Waals surface area contributed by atoms with Crippen LogP contribution in [0.3, 0.4) is 0 Å². The van der Waals surface area contributed by atoms with E-state index in [4.69, 9.17) is 26.3 Å². The van der Waals surface area contributed by atoms with Crippen molar-refractivity contribution in [3.8, 4) is 40.1 Å². The predicted octanol–water partition coefficient (Wildman–Crippen LogP) is 4.55. The fourth-order valence-electron chi connectivity index (χ4n) is 3.70. The van der Waals surface area contributed by atoms with Crippen molar-refractivity contribution in [2.45, 2.75) is 13.0 Å². The molecule has 1 aliphatic rings. The van der Waals surface area contributed by atoms with Gasteiger partial charge in [-0.1, -0.05) is 17.7 Å². The second kappa shape index (κ2) is 7.74. The Hall–Kier alpha value is -3.89. The van der Waals surface area contributed by atoms with Crippen LogP contribution in [0.15, 0.2) is 48.8 Å². The number of benzene rings is 1. The van der Waals surface area contributed by atoms with E-state index in [2.05, 4.69) is 20.2 Å². The third kappa shape index (κ3) is 3.47. The fraction of sp³-hybridized carbons (Fsp3) is 0.130. The molecule has 8 heteroatoms. The first-order valence-corrected chi connectivity index (χ1v) is 9.92. The molecule has 5 rings (SSSR count). The van der Waals surface area contributed by atoms with Gasteiger partial charge in [0.15, 0.2) is 11.5 Å². The predicted molar refractivity (Wildman–Crippen MR) is 115 cm³/mol. The van der Waals surface area contributed by atoms with E-state index in [-0.39, 0.29) is 0 Å². The summed E-state index contributed by atoms with van der Waals surface area (Å²) in [5.74, 6) is 1.31. The van der Waals surface area contributed by atoms with Crippen LogP contribution in [0.2, 0.25) is 5.15 Å². The van der Waals surface area contributed by atoms with Gasteiger partial charge in [0.25, 0.3) is 0 Å². The van der Waals surface area contributed by atoms with Gasteiger partial charge in [-0.3, -0.25) is 5.10 Å². The maximum absolute atomic E-state index is 8.97. The van der Waals surface area contributed by atoms with Gasteiger partial charge in [-0.05, 0) is 35.9 Å². The summed E-state index contributed by atoms with van der Waals surface area (Å²) in [5, 5.41) is 17.0. The zero-order valence-electron chi connectivity index (χ0n) is 16.5. The van der Waals surface area contributed by atoms with Gasteiger partial charge in [-0.25, -0.2) is 9.97 Å². The Labute approximate surface area is 183 Å². The van der Waals surface area contributed by atoms with Crippen molar-refractivity contribution < 1.29 is 9.47 Å². The Morgan fingerprint density at radius 3 is 2.74 bits per heavy atom. The Bertz CT molecular complexity index is 1310. The highest BCUT2D eigenvalue weighted by atomic mass is 35.5. The molecule has 0 aliphatic heterocycles. The molecule has 0 spiro atoms. The van der Waals surface area contributed by atoms with Crippen LogP contribution in [-0.4, -0.2) is 27.3 Å². The summed E-state index contributed by atoms with van der Waals surface area (Å²) in [6, 6.07) is 13.2. The molecular weight excluding hydrogens is 414 g/mol. The standard InChI is InChI=1S/C23H16ClN5O2/c1-30-19-8-17-15(7-20(19)31-12-13-2-5-21(24)27-10-13)6-18-22(28-29-23(17)18)14-3-4-16(9-25)26-11-14/h2-5,7-8,10-11H,6,12H2,1H3,(H,28,29). The molecule has 0 bridgehead atoms. The van der Waals surface area contributed by atoms with Crippen LogP contribution in [0.5, 0.6) is 11.5 Å². The number of pyridine rings is 2. The molecule has 3 aromatic heterocycles. The molecule has 3 heterocycles. The summed E-state index contributed by atoms with van der Waals surface area (Å²) in [7, 11) is 1.62. The minimum Gasteiger partial charge on any atom is -0.493 e. The van der Waals surface area contributed by atoms with E-state index in [1.54, 1.807) is 31.6 Å². The Kier molecular flexibility index (Phi) is 4.77. The largest absolute Gasteiger partial charge is 0.493 e. The molecule has 0 saturated carbocycles. The number of methoxy groups -OCH3 is 1. The van der Waals surface area contributed by atoms with Gasteiger partial charge in [0.05, 0.1) is 18.5 Å². The second-order valence-corrected chi connectivity index (χ2v) is 7.47.